The molecule has 0 aromatic carbocycles. The topological polar surface area (TPSA) is 48.0 Å². The van der Waals surface area contributed by atoms with Crippen LogP contribution >= 0.6 is 15.9 Å². The lowest BCUT2D eigenvalue weighted by molar-refractivity contribution is 0.515. The minimum Gasteiger partial charge on any atom is -0.394 e. The van der Waals surface area contributed by atoms with E-state index in [1.807, 2.05) is 6.20 Å². The third-order valence-corrected chi connectivity index (χ3v) is 3.34. The van der Waals surface area contributed by atoms with Crippen LogP contribution in [0.15, 0.2) is 21.7 Å². The van der Waals surface area contributed by atoms with Crippen LogP contribution in [0.25, 0.3) is 0 Å². The van der Waals surface area contributed by atoms with Gasteiger partial charge in [-0.15, -0.1) is 0 Å². The second-order valence-corrected chi connectivity index (χ2v) is 4.63. The van der Waals surface area contributed by atoms with Gasteiger partial charge in [0.15, 0.2) is 0 Å². The Morgan fingerprint density at radius 2 is 2.00 bits per heavy atom. The molecule has 1 fully saturated rings. The SMILES string of the molecule is Nc1cn(C2CCCC2)cc(Br)c1=O. The van der Waals surface area contributed by atoms with Gasteiger partial charge in [-0.05, 0) is 28.8 Å². The van der Waals surface area contributed by atoms with E-state index in [0.29, 0.717) is 16.2 Å². The van der Waals surface area contributed by atoms with Crippen LogP contribution in [0.2, 0.25) is 0 Å². The fraction of sp³-hybridized carbons (Fsp3) is 0.500. The zero-order valence-electron chi connectivity index (χ0n) is 7.87. The average Bonchev–Trinajstić information content (AvgIpc) is 2.66. The minimum atomic E-state index is -0.112. The van der Waals surface area contributed by atoms with E-state index < -0.39 is 0 Å². The summed E-state index contributed by atoms with van der Waals surface area (Å²) >= 11 is 3.23. The lowest BCUT2D eigenvalue weighted by atomic mass is 10.2. The Morgan fingerprint density at radius 3 is 2.57 bits per heavy atom. The molecule has 1 saturated carbocycles. The van der Waals surface area contributed by atoms with Gasteiger partial charge in [0.2, 0.25) is 5.43 Å². The number of rotatable bonds is 1. The fourth-order valence-corrected chi connectivity index (χ4v) is 2.46. The second kappa shape index (κ2) is 3.77. The standard InChI is InChI=1S/C10H13BrN2O/c11-8-5-13(6-9(12)10(8)14)7-3-1-2-4-7/h5-7H,1-4,12H2. The fourth-order valence-electron chi connectivity index (χ4n) is 2.00. The summed E-state index contributed by atoms with van der Waals surface area (Å²) in [5, 5.41) is 0. The summed E-state index contributed by atoms with van der Waals surface area (Å²) in [5.41, 5.74) is 5.84. The number of anilines is 1. The number of aromatic nitrogens is 1. The summed E-state index contributed by atoms with van der Waals surface area (Å²) in [7, 11) is 0. The first-order valence-corrected chi connectivity index (χ1v) is 5.64. The van der Waals surface area contributed by atoms with Crippen molar-refractivity contribution in [1.29, 1.82) is 0 Å². The van der Waals surface area contributed by atoms with Crippen LogP contribution in [-0.4, -0.2) is 4.57 Å². The number of nitrogen functional groups attached to an aromatic ring is 1. The Bertz CT molecular complexity index is 367. The molecule has 0 bridgehead atoms. The molecular formula is C10H13BrN2O. The molecule has 1 aromatic heterocycles. The molecule has 0 radical (unpaired) electrons. The average molecular weight is 257 g/mol. The van der Waals surface area contributed by atoms with Crippen LogP contribution in [0.5, 0.6) is 0 Å². The molecule has 3 nitrogen and oxygen atoms in total. The molecule has 0 aliphatic heterocycles. The Morgan fingerprint density at radius 1 is 1.36 bits per heavy atom. The van der Waals surface area contributed by atoms with Crippen LogP contribution in [0.3, 0.4) is 0 Å². The van der Waals surface area contributed by atoms with Gasteiger partial charge in [0, 0.05) is 18.4 Å². The van der Waals surface area contributed by atoms with E-state index in [1.54, 1.807) is 6.20 Å². The highest BCUT2D eigenvalue weighted by atomic mass is 79.9. The van der Waals surface area contributed by atoms with Crippen molar-refractivity contribution in [3.05, 3.63) is 27.1 Å². The molecule has 1 aliphatic carbocycles. The molecule has 1 aromatic rings. The predicted octanol–water partition coefficient (Wildman–Crippen LogP) is 2.31. The second-order valence-electron chi connectivity index (χ2n) is 3.78. The molecule has 76 valence electrons. The largest absolute Gasteiger partial charge is 0.394 e. The van der Waals surface area contributed by atoms with Crippen molar-refractivity contribution in [2.75, 3.05) is 5.73 Å². The van der Waals surface area contributed by atoms with E-state index in [4.69, 9.17) is 5.73 Å². The molecule has 0 spiro atoms. The summed E-state index contributed by atoms with van der Waals surface area (Å²) in [4.78, 5) is 11.4. The van der Waals surface area contributed by atoms with Gasteiger partial charge in [-0.3, -0.25) is 4.79 Å². The minimum absolute atomic E-state index is 0.112. The quantitative estimate of drug-likeness (QED) is 0.839. The summed E-state index contributed by atoms with van der Waals surface area (Å²) in [6.07, 6.45) is 8.52. The van der Waals surface area contributed by atoms with Gasteiger partial charge >= 0.3 is 0 Å². The lowest BCUT2D eigenvalue weighted by Crippen LogP contribution is -2.15. The van der Waals surface area contributed by atoms with E-state index in [9.17, 15) is 4.79 Å². The van der Waals surface area contributed by atoms with E-state index in [2.05, 4.69) is 20.5 Å². The maximum atomic E-state index is 11.4. The molecular weight excluding hydrogens is 244 g/mol. The van der Waals surface area contributed by atoms with Gasteiger partial charge in [-0.25, -0.2) is 0 Å². The normalized spacial score (nSPS) is 17.5. The maximum absolute atomic E-state index is 11.4. The number of halogens is 1. The number of hydrogen-bond acceptors (Lipinski definition) is 2. The summed E-state index contributed by atoms with van der Waals surface area (Å²) < 4.78 is 2.62. The molecule has 4 heteroatoms. The van der Waals surface area contributed by atoms with Crippen LogP contribution in [-0.2, 0) is 0 Å². The number of nitrogens with two attached hydrogens (primary N) is 1. The van der Waals surface area contributed by atoms with E-state index in [0.717, 1.165) is 0 Å². The summed E-state index contributed by atoms with van der Waals surface area (Å²) in [6, 6.07) is 0.522. The Labute approximate surface area is 91.0 Å². The van der Waals surface area contributed by atoms with Crippen molar-refractivity contribution in [3.63, 3.8) is 0 Å². The highest BCUT2D eigenvalue weighted by molar-refractivity contribution is 9.10. The molecule has 1 aliphatic rings. The van der Waals surface area contributed by atoms with E-state index in [-0.39, 0.29) is 5.43 Å². The lowest BCUT2D eigenvalue weighted by Gasteiger charge is -2.15. The Kier molecular flexibility index (Phi) is 2.63. The monoisotopic (exact) mass is 256 g/mol. The first-order valence-electron chi connectivity index (χ1n) is 4.85. The molecule has 14 heavy (non-hydrogen) atoms. The first-order chi connectivity index (χ1) is 6.68. The Hall–Kier alpha value is -0.770. The van der Waals surface area contributed by atoms with Gasteiger partial charge in [-0.1, -0.05) is 12.8 Å². The van der Waals surface area contributed by atoms with Crippen LogP contribution in [0.1, 0.15) is 31.7 Å². The van der Waals surface area contributed by atoms with Gasteiger partial charge in [-0.2, -0.15) is 0 Å². The molecule has 1 heterocycles. The van der Waals surface area contributed by atoms with Gasteiger partial charge in [0.05, 0.1) is 10.2 Å². The molecule has 0 saturated heterocycles. The van der Waals surface area contributed by atoms with Crippen molar-refractivity contribution in [2.24, 2.45) is 0 Å². The maximum Gasteiger partial charge on any atom is 0.218 e. The highest BCUT2D eigenvalue weighted by Gasteiger charge is 2.16. The van der Waals surface area contributed by atoms with Crippen molar-refractivity contribution in [1.82, 2.24) is 4.57 Å². The van der Waals surface area contributed by atoms with Gasteiger partial charge in [0.1, 0.15) is 0 Å². The van der Waals surface area contributed by atoms with Gasteiger partial charge in [0.25, 0.3) is 0 Å². The van der Waals surface area contributed by atoms with Gasteiger partial charge < -0.3 is 10.3 Å². The first kappa shape index (κ1) is 9.77. The van der Waals surface area contributed by atoms with Crippen molar-refractivity contribution in [3.8, 4) is 0 Å². The third-order valence-electron chi connectivity index (χ3n) is 2.78. The molecule has 2 N–H and O–H groups in total. The van der Waals surface area contributed by atoms with Crippen LogP contribution in [0, 0.1) is 0 Å². The predicted molar refractivity (Wildman–Crippen MR) is 60.3 cm³/mol. The van der Waals surface area contributed by atoms with Crippen molar-refractivity contribution < 1.29 is 0 Å². The summed E-state index contributed by atoms with van der Waals surface area (Å²) in [6.45, 7) is 0. The molecule has 0 amide bonds. The number of hydrogen-bond donors (Lipinski definition) is 1. The number of nitrogens with zero attached hydrogens (tertiary/aromatic N) is 1. The van der Waals surface area contributed by atoms with Crippen LogP contribution < -0.4 is 11.2 Å². The Balaban J connectivity index is 2.39. The smallest absolute Gasteiger partial charge is 0.218 e. The molecule has 0 atom stereocenters. The molecule has 0 unspecified atom stereocenters. The highest BCUT2D eigenvalue weighted by Crippen LogP contribution is 2.29. The van der Waals surface area contributed by atoms with Crippen molar-refractivity contribution in [2.45, 2.75) is 31.7 Å². The van der Waals surface area contributed by atoms with Crippen molar-refractivity contribution >= 4 is 21.6 Å². The third kappa shape index (κ3) is 1.71. The van der Waals surface area contributed by atoms with E-state index in [1.165, 1.54) is 25.7 Å². The van der Waals surface area contributed by atoms with Crippen LogP contribution in [0.4, 0.5) is 5.69 Å². The summed E-state index contributed by atoms with van der Waals surface area (Å²) in [5.74, 6) is 0. The molecule has 2 rings (SSSR count). The zero-order valence-corrected chi connectivity index (χ0v) is 9.46. The van der Waals surface area contributed by atoms with E-state index >= 15 is 0 Å². The number of pyridine rings is 1. The zero-order chi connectivity index (χ0) is 10.1.